The van der Waals surface area contributed by atoms with Gasteiger partial charge in [-0.1, -0.05) is 43.7 Å². The lowest BCUT2D eigenvalue weighted by Gasteiger charge is -2.10. The standard InChI is InChI=1S/C19H23N3O2/c1-13(2)18(23)21-16-8-10-17(11-9-16)22-19(24)20-12-15-6-4-14(3)5-7-15/h4-11,13H,12H2,1-3H3,(H,21,23)(H2,20,22,24). The summed E-state index contributed by atoms with van der Waals surface area (Å²) in [5.41, 5.74) is 3.61. The van der Waals surface area contributed by atoms with Gasteiger partial charge in [0.2, 0.25) is 5.91 Å². The first kappa shape index (κ1) is 17.5. The second kappa shape index (κ2) is 8.15. The molecule has 0 aliphatic rings. The first-order chi connectivity index (χ1) is 11.4. The van der Waals surface area contributed by atoms with E-state index in [1.807, 2.05) is 45.0 Å². The predicted molar refractivity (Wildman–Crippen MR) is 96.9 cm³/mol. The molecule has 5 heteroatoms. The summed E-state index contributed by atoms with van der Waals surface area (Å²) in [7, 11) is 0. The Labute approximate surface area is 142 Å². The van der Waals surface area contributed by atoms with Crippen LogP contribution in [0.5, 0.6) is 0 Å². The Morgan fingerprint density at radius 1 is 0.875 bits per heavy atom. The molecule has 0 saturated carbocycles. The first-order valence-corrected chi connectivity index (χ1v) is 7.95. The van der Waals surface area contributed by atoms with Gasteiger partial charge in [-0.05, 0) is 36.8 Å². The highest BCUT2D eigenvalue weighted by Crippen LogP contribution is 2.14. The number of urea groups is 1. The largest absolute Gasteiger partial charge is 0.334 e. The van der Waals surface area contributed by atoms with Crippen LogP contribution in [0.3, 0.4) is 0 Å². The van der Waals surface area contributed by atoms with E-state index in [4.69, 9.17) is 0 Å². The Hall–Kier alpha value is -2.82. The Balaban J connectivity index is 1.83. The summed E-state index contributed by atoms with van der Waals surface area (Å²) in [6, 6.07) is 14.8. The van der Waals surface area contributed by atoms with Crippen molar-refractivity contribution < 1.29 is 9.59 Å². The summed E-state index contributed by atoms with van der Waals surface area (Å²) in [5, 5.41) is 8.38. The van der Waals surface area contributed by atoms with Gasteiger partial charge in [0.1, 0.15) is 0 Å². The van der Waals surface area contributed by atoms with Crippen molar-refractivity contribution in [1.29, 1.82) is 0 Å². The maximum Gasteiger partial charge on any atom is 0.319 e. The molecule has 0 heterocycles. The molecule has 0 spiro atoms. The summed E-state index contributed by atoms with van der Waals surface area (Å²) in [6.45, 7) is 6.17. The molecule has 0 aliphatic heterocycles. The second-order valence-electron chi connectivity index (χ2n) is 6.01. The van der Waals surface area contributed by atoms with Crippen molar-refractivity contribution in [3.63, 3.8) is 0 Å². The third kappa shape index (κ3) is 5.43. The number of carbonyl (C=O) groups is 2. The van der Waals surface area contributed by atoms with E-state index in [2.05, 4.69) is 16.0 Å². The molecule has 3 N–H and O–H groups in total. The van der Waals surface area contributed by atoms with Crippen LogP contribution in [0, 0.1) is 12.8 Å². The number of amides is 3. The fourth-order valence-corrected chi connectivity index (χ4v) is 1.99. The van der Waals surface area contributed by atoms with E-state index in [1.165, 1.54) is 5.56 Å². The number of carbonyl (C=O) groups excluding carboxylic acids is 2. The minimum atomic E-state index is -0.269. The first-order valence-electron chi connectivity index (χ1n) is 7.95. The van der Waals surface area contributed by atoms with Crippen LogP contribution in [0.1, 0.15) is 25.0 Å². The zero-order chi connectivity index (χ0) is 17.5. The summed E-state index contributed by atoms with van der Waals surface area (Å²) in [5.74, 6) is -0.109. The Kier molecular flexibility index (Phi) is 5.95. The average molecular weight is 325 g/mol. The van der Waals surface area contributed by atoms with Gasteiger partial charge in [-0.15, -0.1) is 0 Å². The van der Waals surface area contributed by atoms with E-state index in [0.29, 0.717) is 17.9 Å². The van der Waals surface area contributed by atoms with Gasteiger partial charge in [0.05, 0.1) is 0 Å². The highest BCUT2D eigenvalue weighted by molar-refractivity contribution is 5.93. The number of nitrogens with one attached hydrogen (secondary N) is 3. The molecule has 0 unspecified atom stereocenters. The Morgan fingerprint density at radius 2 is 1.42 bits per heavy atom. The van der Waals surface area contributed by atoms with E-state index in [1.54, 1.807) is 24.3 Å². The summed E-state index contributed by atoms with van der Waals surface area (Å²) >= 11 is 0. The summed E-state index contributed by atoms with van der Waals surface area (Å²) in [4.78, 5) is 23.5. The van der Waals surface area contributed by atoms with Crippen LogP contribution >= 0.6 is 0 Å². The quantitative estimate of drug-likeness (QED) is 0.780. The molecular weight excluding hydrogens is 302 g/mol. The molecule has 0 saturated heterocycles. The van der Waals surface area contributed by atoms with E-state index in [-0.39, 0.29) is 17.9 Å². The molecule has 3 amide bonds. The lowest BCUT2D eigenvalue weighted by atomic mass is 10.1. The molecular formula is C19H23N3O2. The van der Waals surface area contributed by atoms with Crippen molar-refractivity contribution in [3.05, 3.63) is 59.7 Å². The molecule has 5 nitrogen and oxygen atoms in total. The van der Waals surface area contributed by atoms with Crippen molar-refractivity contribution in [2.24, 2.45) is 5.92 Å². The molecule has 2 aromatic carbocycles. The van der Waals surface area contributed by atoms with Crippen LogP contribution in [0.15, 0.2) is 48.5 Å². The van der Waals surface area contributed by atoms with Crippen LogP contribution in [0.4, 0.5) is 16.2 Å². The van der Waals surface area contributed by atoms with Crippen LogP contribution in [-0.2, 0) is 11.3 Å². The lowest BCUT2D eigenvalue weighted by molar-refractivity contribution is -0.118. The van der Waals surface area contributed by atoms with Gasteiger partial charge < -0.3 is 16.0 Å². The minimum absolute atomic E-state index is 0.0356. The van der Waals surface area contributed by atoms with Gasteiger partial charge in [0.25, 0.3) is 0 Å². The molecule has 126 valence electrons. The smallest absolute Gasteiger partial charge is 0.319 e. The third-order valence-electron chi connectivity index (χ3n) is 3.51. The number of anilines is 2. The zero-order valence-corrected chi connectivity index (χ0v) is 14.2. The normalized spacial score (nSPS) is 10.3. The van der Waals surface area contributed by atoms with E-state index in [0.717, 1.165) is 5.56 Å². The molecule has 0 aliphatic carbocycles. The fourth-order valence-electron chi connectivity index (χ4n) is 1.99. The van der Waals surface area contributed by atoms with Gasteiger partial charge in [-0.3, -0.25) is 4.79 Å². The van der Waals surface area contributed by atoms with Crippen LogP contribution in [-0.4, -0.2) is 11.9 Å². The maximum atomic E-state index is 11.9. The van der Waals surface area contributed by atoms with E-state index >= 15 is 0 Å². The molecule has 0 bridgehead atoms. The average Bonchev–Trinajstić information content (AvgIpc) is 2.56. The predicted octanol–water partition coefficient (Wildman–Crippen LogP) is 3.91. The molecule has 0 radical (unpaired) electrons. The lowest BCUT2D eigenvalue weighted by Crippen LogP contribution is -2.28. The maximum absolute atomic E-state index is 11.9. The number of hydrogen-bond acceptors (Lipinski definition) is 2. The van der Waals surface area contributed by atoms with Gasteiger partial charge in [-0.25, -0.2) is 4.79 Å². The van der Waals surface area contributed by atoms with E-state index in [9.17, 15) is 9.59 Å². The molecule has 0 atom stereocenters. The number of benzene rings is 2. The fraction of sp³-hybridized carbons (Fsp3) is 0.263. The molecule has 0 aromatic heterocycles. The number of rotatable bonds is 5. The van der Waals surface area contributed by atoms with Crippen molar-refractivity contribution in [3.8, 4) is 0 Å². The van der Waals surface area contributed by atoms with Crippen LogP contribution in [0.25, 0.3) is 0 Å². The highest BCUT2D eigenvalue weighted by Gasteiger charge is 2.07. The van der Waals surface area contributed by atoms with Crippen molar-refractivity contribution >= 4 is 23.3 Å². The molecule has 2 rings (SSSR count). The summed E-state index contributed by atoms with van der Waals surface area (Å²) < 4.78 is 0. The van der Waals surface area contributed by atoms with Crippen molar-refractivity contribution in [2.75, 3.05) is 10.6 Å². The molecule has 2 aromatic rings. The van der Waals surface area contributed by atoms with Gasteiger partial charge in [0.15, 0.2) is 0 Å². The van der Waals surface area contributed by atoms with Crippen molar-refractivity contribution in [1.82, 2.24) is 5.32 Å². The van der Waals surface area contributed by atoms with Gasteiger partial charge >= 0.3 is 6.03 Å². The zero-order valence-electron chi connectivity index (χ0n) is 14.2. The Morgan fingerprint density at radius 3 is 1.96 bits per heavy atom. The number of aryl methyl sites for hydroxylation is 1. The number of hydrogen-bond donors (Lipinski definition) is 3. The third-order valence-corrected chi connectivity index (χ3v) is 3.51. The molecule has 24 heavy (non-hydrogen) atoms. The van der Waals surface area contributed by atoms with Crippen LogP contribution < -0.4 is 16.0 Å². The van der Waals surface area contributed by atoms with Crippen LogP contribution in [0.2, 0.25) is 0 Å². The topological polar surface area (TPSA) is 70.2 Å². The SMILES string of the molecule is Cc1ccc(CNC(=O)Nc2ccc(NC(=O)C(C)C)cc2)cc1. The minimum Gasteiger partial charge on any atom is -0.334 e. The second-order valence-corrected chi connectivity index (χ2v) is 6.01. The highest BCUT2D eigenvalue weighted by atomic mass is 16.2. The Bertz CT molecular complexity index is 692. The van der Waals surface area contributed by atoms with Crippen molar-refractivity contribution in [2.45, 2.75) is 27.3 Å². The monoisotopic (exact) mass is 325 g/mol. The van der Waals surface area contributed by atoms with Gasteiger partial charge in [-0.2, -0.15) is 0 Å². The van der Waals surface area contributed by atoms with Gasteiger partial charge in [0, 0.05) is 23.8 Å². The summed E-state index contributed by atoms with van der Waals surface area (Å²) in [6.07, 6.45) is 0. The molecule has 0 fully saturated rings. The van der Waals surface area contributed by atoms with E-state index < -0.39 is 0 Å².